The smallest absolute Gasteiger partial charge is 0.223 e. The fourth-order valence-corrected chi connectivity index (χ4v) is 2.57. The third-order valence-corrected chi connectivity index (χ3v) is 3.86. The van der Waals surface area contributed by atoms with E-state index in [-0.39, 0.29) is 11.2 Å². The third-order valence-electron chi connectivity index (χ3n) is 3.86. The SMILES string of the molecule is CNc1nc(-c2ccc(F)c3ccccc23)cc(C(C)(C)C)n1. The molecule has 0 unspecified atom stereocenters. The number of hydrogen-bond donors (Lipinski definition) is 1. The molecule has 0 spiro atoms. The summed E-state index contributed by atoms with van der Waals surface area (Å²) < 4.78 is 14.1. The van der Waals surface area contributed by atoms with Crippen LogP contribution in [0.1, 0.15) is 26.5 Å². The Morgan fingerprint density at radius 1 is 0.957 bits per heavy atom. The van der Waals surface area contributed by atoms with Gasteiger partial charge in [0.15, 0.2) is 0 Å². The van der Waals surface area contributed by atoms with Gasteiger partial charge in [0.25, 0.3) is 0 Å². The van der Waals surface area contributed by atoms with Gasteiger partial charge in [-0.25, -0.2) is 14.4 Å². The van der Waals surface area contributed by atoms with Crippen LogP contribution in [0.15, 0.2) is 42.5 Å². The van der Waals surface area contributed by atoms with Crippen molar-refractivity contribution in [2.75, 3.05) is 12.4 Å². The van der Waals surface area contributed by atoms with Crippen molar-refractivity contribution in [3.05, 3.63) is 54.0 Å². The maximum absolute atomic E-state index is 14.1. The predicted octanol–water partition coefficient (Wildman–Crippen LogP) is 4.78. The van der Waals surface area contributed by atoms with Crippen molar-refractivity contribution in [2.45, 2.75) is 26.2 Å². The van der Waals surface area contributed by atoms with Crippen LogP contribution in [0.25, 0.3) is 22.0 Å². The zero-order chi connectivity index (χ0) is 16.6. The number of nitrogens with one attached hydrogen (secondary N) is 1. The molecule has 1 heterocycles. The van der Waals surface area contributed by atoms with E-state index in [4.69, 9.17) is 0 Å². The topological polar surface area (TPSA) is 37.8 Å². The molecule has 1 N–H and O–H groups in total. The van der Waals surface area contributed by atoms with E-state index in [1.165, 1.54) is 6.07 Å². The molecule has 3 rings (SSSR count). The molecule has 0 atom stereocenters. The van der Waals surface area contributed by atoms with Gasteiger partial charge >= 0.3 is 0 Å². The average Bonchev–Trinajstić information content (AvgIpc) is 2.54. The Balaban J connectivity index is 2.29. The normalized spacial score (nSPS) is 11.7. The van der Waals surface area contributed by atoms with Crippen LogP contribution in [-0.2, 0) is 5.41 Å². The quantitative estimate of drug-likeness (QED) is 0.740. The number of halogens is 1. The number of aromatic nitrogens is 2. The van der Waals surface area contributed by atoms with Crippen molar-refractivity contribution in [1.82, 2.24) is 9.97 Å². The molecule has 0 aliphatic heterocycles. The second-order valence-corrected chi connectivity index (χ2v) is 6.60. The summed E-state index contributed by atoms with van der Waals surface area (Å²) in [5.74, 6) is 0.351. The molecule has 3 aromatic rings. The number of hydrogen-bond acceptors (Lipinski definition) is 3. The summed E-state index contributed by atoms with van der Waals surface area (Å²) in [5.41, 5.74) is 2.55. The molecule has 0 bridgehead atoms. The molecule has 118 valence electrons. The van der Waals surface area contributed by atoms with E-state index < -0.39 is 0 Å². The first kappa shape index (κ1) is 15.4. The highest BCUT2D eigenvalue weighted by molar-refractivity contribution is 5.96. The number of nitrogens with zero attached hydrogens (tertiary/aromatic N) is 2. The summed E-state index contributed by atoms with van der Waals surface area (Å²) in [4.78, 5) is 9.12. The lowest BCUT2D eigenvalue weighted by Crippen LogP contribution is -2.15. The average molecular weight is 309 g/mol. The minimum Gasteiger partial charge on any atom is -0.357 e. The van der Waals surface area contributed by atoms with Crippen molar-refractivity contribution >= 4 is 16.7 Å². The van der Waals surface area contributed by atoms with E-state index in [2.05, 4.69) is 36.1 Å². The molecule has 0 aliphatic rings. The zero-order valence-corrected chi connectivity index (χ0v) is 13.8. The molecule has 0 saturated carbocycles. The van der Waals surface area contributed by atoms with Crippen LogP contribution in [0.5, 0.6) is 0 Å². The second kappa shape index (κ2) is 5.61. The van der Waals surface area contributed by atoms with Crippen LogP contribution in [-0.4, -0.2) is 17.0 Å². The number of benzene rings is 2. The first-order chi connectivity index (χ1) is 10.9. The lowest BCUT2D eigenvalue weighted by molar-refractivity contribution is 0.568. The highest BCUT2D eigenvalue weighted by Crippen LogP contribution is 2.32. The number of anilines is 1. The van der Waals surface area contributed by atoms with Gasteiger partial charge < -0.3 is 5.32 Å². The summed E-state index contributed by atoms with van der Waals surface area (Å²) in [5, 5.41) is 4.47. The molecular formula is C19H20FN3. The molecule has 0 amide bonds. The van der Waals surface area contributed by atoms with E-state index >= 15 is 0 Å². The summed E-state index contributed by atoms with van der Waals surface area (Å²) in [6, 6.07) is 12.7. The standard InChI is InChI=1S/C19H20FN3/c1-19(2,3)17-11-16(22-18(21-4)23-17)14-9-10-15(20)13-8-6-5-7-12(13)14/h5-11H,1-4H3,(H,21,22,23). The van der Waals surface area contributed by atoms with Crippen molar-refractivity contribution in [3.63, 3.8) is 0 Å². The van der Waals surface area contributed by atoms with Crippen LogP contribution >= 0.6 is 0 Å². The summed E-state index contributed by atoms with van der Waals surface area (Å²) in [6.07, 6.45) is 0. The lowest BCUT2D eigenvalue weighted by Gasteiger charge is -2.19. The lowest BCUT2D eigenvalue weighted by atomic mass is 9.90. The zero-order valence-electron chi connectivity index (χ0n) is 13.8. The van der Waals surface area contributed by atoms with Gasteiger partial charge in [-0.05, 0) is 23.6 Å². The van der Waals surface area contributed by atoms with Gasteiger partial charge in [-0.2, -0.15) is 0 Å². The highest BCUT2D eigenvalue weighted by Gasteiger charge is 2.19. The molecule has 23 heavy (non-hydrogen) atoms. The third kappa shape index (κ3) is 2.89. The Bertz CT molecular complexity index is 866. The molecule has 0 saturated heterocycles. The van der Waals surface area contributed by atoms with E-state index in [1.54, 1.807) is 19.2 Å². The second-order valence-electron chi connectivity index (χ2n) is 6.60. The van der Waals surface area contributed by atoms with Gasteiger partial charge in [-0.15, -0.1) is 0 Å². The Labute approximate surface area is 135 Å². The molecule has 0 fully saturated rings. The number of rotatable bonds is 2. The van der Waals surface area contributed by atoms with Gasteiger partial charge in [0.05, 0.1) is 11.4 Å². The molecule has 2 aromatic carbocycles. The van der Waals surface area contributed by atoms with Crippen LogP contribution in [0, 0.1) is 5.82 Å². The molecule has 0 aliphatic carbocycles. The van der Waals surface area contributed by atoms with E-state index in [0.717, 1.165) is 22.3 Å². The van der Waals surface area contributed by atoms with E-state index in [9.17, 15) is 4.39 Å². The molecule has 3 nitrogen and oxygen atoms in total. The van der Waals surface area contributed by atoms with Gasteiger partial charge in [0.1, 0.15) is 5.82 Å². The highest BCUT2D eigenvalue weighted by atomic mass is 19.1. The molecule has 0 radical (unpaired) electrons. The van der Waals surface area contributed by atoms with Crippen molar-refractivity contribution in [2.24, 2.45) is 0 Å². The molecular weight excluding hydrogens is 289 g/mol. The Hall–Kier alpha value is -2.49. The van der Waals surface area contributed by atoms with Crippen LogP contribution < -0.4 is 5.32 Å². The summed E-state index contributed by atoms with van der Waals surface area (Å²) >= 11 is 0. The van der Waals surface area contributed by atoms with Gasteiger partial charge in [0.2, 0.25) is 5.95 Å². The van der Waals surface area contributed by atoms with Crippen molar-refractivity contribution < 1.29 is 4.39 Å². The molecule has 4 heteroatoms. The first-order valence-electron chi connectivity index (χ1n) is 7.65. The van der Waals surface area contributed by atoms with Gasteiger partial charge in [-0.1, -0.05) is 45.0 Å². The summed E-state index contributed by atoms with van der Waals surface area (Å²) in [7, 11) is 1.80. The molecule has 1 aromatic heterocycles. The van der Waals surface area contributed by atoms with Crippen LogP contribution in [0.2, 0.25) is 0 Å². The fraction of sp³-hybridized carbons (Fsp3) is 0.263. The maximum Gasteiger partial charge on any atom is 0.223 e. The summed E-state index contributed by atoms with van der Waals surface area (Å²) in [6.45, 7) is 6.34. The Morgan fingerprint density at radius 2 is 1.65 bits per heavy atom. The predicted molar refractivity (Wildman–Crippen MR) is 93.2 cm³/mol. The minimum atomic E-state index is -0.219. The van der Waals surface area contributed by atoms with Crippen LogP contribution in [0.4, 0.5) is 10.3 Å². The largest absolute Gasteiger partial charge is 0.357 e. The van der Waals surface area contributed by atoms with Crippen LogP contribution in [0.3, 0.4) is 0 Å². The van der Waals surface area contributed by atoms with E-state index in [0.29, 0.717) is 11.3 Å². The minimum absolute atomic E-state index is 0.0981. The number of fused-ring (bicyclic) bond motifs is 1. The fourth-order valence-electron chi connectivity index (χ4n) is 2.57. The van der Waals surface area contributed by atoms with Gasteiger partial charge in [0, 0.05) is 23.4 Å². The van der Waals surface area contributed by atoms with Crippen molar-refractivity contribution in [1.29, 1.82) is 0 Å². The first-order valence-corrected chi connectivity index (χ1v) is 7.65. The maximum atomic E-state index is 14.1. The monoisotopic (exact) mass is 309 g/mol. The Morgan fingerprint density at radius 3 is 2.30 bits per heavy atom. The van der Waals surface area contributed by atoms with Crippen molar-refractivity contribution in [3.8, 4) is 11.3 Å². The Kier molecular flexibility index (Phi) is 3.76. The van der Waals surface area contributed by atoms with Gasteiger partial charge in [-0.3, -0.25) is 0 Å². The van der Waals surface area contributed by atoms with E-state index in [1.807, 2.05) is 24.3 Å².